The van der Waals surface area contributed by atoms with Crippen molar-refractivity contribution in [3.63, 3.8) is 0 Å². The van der Waals surface area contributed by atoms with Gasteiger partial charge in [0.15, 0.2) is 0 Å². The second-order valence-electron chi connectivity index (χ2n) is 6.47. The molecular weight excluding hydrogens is 446 g/mol. The van der Waals surface area contributed by atoms with Crippen LogP contribution in [0.3, 0.4) is 0 Å². The van der Waals surface area contributed by atoms with Gasteiger partial charge in [-0.3, -0.25) is 19.4 Å². The Labute approximate surface area is 179 Å². The molecule has 3 rings (SSSR count). The zero-order valence-corrected chi connectivity index (χ0v) is 16.8. The lowest BCUT2D eigenvalue weighted by Gasteiger charge is -2.19. The third kappa shape index (κ3) is 4.36. The molecule has 2 aromatic carbocycles. The molecule has 0 saturated carbocycles. The molecular formula is C19H14Cl2F3N3O3. The third-order valence-corrected chi connectivity index (χ3v) is 5.00. The summed E-state index contributed by atoms with van der Waals surface area (Å²) < 4.78 is 38.6. The van der Waals surface area contributed by atoms with Gasteiger partial charge in [-0.2, -0.15) is 13.2 Å². The lowest BCUT2D eigenvalue weighted by molar-refractivity contribution is -0.137. The van der Waals surface area contributed by atoms with E-state index in [0.29, 0.717) is 16.8 Å². The summed E-state index contributed by atoms with van der Waals surface area (Å²) in [6.45, 7) is 0.815. The van der Waals surface area contributed by atoms with Gasteiger partial charge in [-0.25, -0.2) is 4.79 Å². The molecule has 4 amide bonds. The minimum Gasteiger partial charge on any atom is -0.323 e. The molecule has 0 spiro atoms. The van der Waals surface area contributed by atoms with E-state index in [0.717, 1.165) is 17.0 Å². The van der Waals surface area contributed by atoms with E-state index < -0.39 is 42.2 Å². The number of rotatable bonds is 4. The fourth-order valence-electron chi connectivity index (χ4n) is 2.94. The molecule has 6 nitrogen and oxygen atoms in total. The topological polar surface area (TPSA) is 69.7 Å². The van der Waals surface area contributed by atoms with E-state index in [9.17, 15) is 27.6 Å². The first-order chi connectivity index (χ1) is 14.0. The second kappa shape index (κ2) is 8.16. The summed E-state index contributed by atoms with van der Waals surface area (Å²) in [4.78, 5) is 39.4. The van der Waals surface area contributed by atoms with Gasteiger partial charge < -0.3 is 5.32 Å². The highest BCUT2D eigenvalue weighted by atomic mass is 35.5. The molecule has 1 aliphatic heterocycles. The highest BCUT2D eigenvalue weighted by Crippen LogP contribution is 2.34. The molecule has 0 radical (unpaired) electrons. The van der Waals surface area contributed by atoms with Crippen LogP contribution in [0.15, 0.2) is 42.5 Å². The number of halogens is 5. The van der Waals surface area contributed by atoms with Gasteiger partial charge in [-0.1, -0.05) is 23.2 Å². The average Bonchev–Trinajstić information content (AvgIpc) is 2.87. The van der Waals surface area contributed by atoms with E-state index in [4.69, 9.17) is 23.2 Å². The van der Waals surface area contributed by atoms with Crippen LogP contribution in [0.5, 0.6) is 0 Å². The van der Waals surface area contributed by atoms with Crippen LogP contribution in [0.25, 0.3) is 0 Å². The van der Waals surface area contributed by atoms with Gasteiger partial charge in [0.05, 0.1) is 16.3 Å². The van der Waals surface area contributed by atoms with Crippen molar-refractivity contribution in [1.82, 2.24) is 4.90 Å². The van der Waals surface area contributed by atoms with Gasteiger partial charge in [0, 0.05) is 10.7 Å². The van der Waals surface area contributed by atoms with Crippen molar-refractivity contribution in [1.29, 1.82) is 0 Å². The fourth-order valence-corrected chi connectivity index (χ4v) is 3.23. The number of imide groups is 1. The summed E-state index contributed by atoms with van der Waals surface area (Å²) in [5.41, 5.74) is -0.870. The Kier molecular flexibility index (Phi) is 5.96. The van der Waals surface area contributed by atoms with Crippen LogP contribution in [0.2, 0.25) is 10.0 Å². The number of carbonyl (C=O) groups is 3. The summed E-state index contributed by atoms with van der Waals surface area (Å²) in [5, 5.41) is 2.54. The summed E-state index contributed by atoms with van der Waals surface area (Å²) >= 11 is 11.7. The molecule has 158 valence electrons. The van der Waals surface area contributed by atoms with Crippen LogP contribution in [-0.4, -0.2) is 35.3 Å². The van der Waals surface area contributed by atoms with Gasteiger partial charge >= 0.3 is 12.2 Å². The first-order valence-electron chi connectivity index (χ1n) is 8.56. The van der Waals surface area contributed by atoms with Crippen molar-refractivity contribution in [3.8, 4) is 0 Å². The Morgan fingerprint density at radius 2 is 1.73 bits per heavy atom. The van der Waals surface area contributed by atoms with Gasteiger partial charge in [0.25, 0.3) is 5.91 Å². The number of anilines is 2. The monoisotopic (exact) mass is 459 g/mol. The molecule has 30 heavy (non-hydrogen) atoms. The van der Waals surface area contributed by atoms with E-state index in [-0.39, 0.29) is 10.7 Å². The third-order valence-electron chi connectivity index (χ3n) is 4.42. The Bertz CT molecular complexity index is 1010. The number of carbonyl (C=O) groups excluding carboxylic acids is 3. The number of amides is 4. The predicted molar refractivity (Wildman–Crippen MR) is 106 cm³/mol. The van der Waals surface area contributed by atoms with Gasteiger partial charge in [-0.15, -0.1) is 0 Å². The second-order valence-corrected chi connectivity index (χ2v) is 7.31. The molecule has 0 aromatic heterocycles. The maximum atomic E-state index is 12.9. The Morgan fingerprint density at radius 1 is 1.10 bits per heavy atom. The number of urea groups is 1. The number of nitrogens with zero attached hydrogens (tertiary/aromatic N) is 2. The Morgan fingerprint density at radius 3 is 2.33 bits per heavy atom. The largest absolute Gasteiger partial charge is 0.416 e. The van der Waals surface area contributed by atoms with Crippen LogP contribution in [0.4, 0.5) is 29.3 Å². The maximum Gasteiger partial charge on any atom is 0.416 e. The summed E-state index contributed by atoms with van der Waals surface area (Å²) in [6.07, 6.45) is -4.63. The minimum absolute atomic E-state index is 0.119. The highest BCUT2D eigenvalue weighted by Gasteiger charge is 2.44. The van der Waals surface area contributed by atoms with Crippen LogP contribution in [0.1, 0.15) is 12.5 Å². The predicted octanol–water partition coefficient (Wildman–Crippen LogP) is 4.81. The highest BCUT2D eigenvalue weighted by molar-refractivity contribution is 6.33. The Hall–Kier alpha value is -2.78. The molecule has 1 atom stereocenters. The minimum atomic E-state index is -4.63. The molecule has 2 aromatic rings. The van der Waals surface area contributed by atoms with Crippen molar-refractivity contribution in [2.45, 2.75) is 19.1 Å². The van der Waals surface area contributed by atoms with E-state index >= 15 is 0 Å². The first kappa shape index (κ1) is 21.9. The van der Waals surface area contributed by atoms with Crippen molar-refractivity contribution in [2.75, 3.05) is 16.8 Å². The number of benzene rings is 2. The van der Waals surface area contributed by atoms with E-state index in [1.807, 2.05) is 0 Å². The van der Waals surface area contributed by atoms with Crippen molar-refractivity contribution >= 4 is 52.4 Å². The van der Waals surface area contributed by atoms with Crippen LogP contribution in [-0.2, 0) is 15.8 Å². The van der Waals surface area contributed by atoms with Gasteiger partial charge in [-0.05, 0) is 49.4 Å². The first-order valence-corrected chi connectivity index (χ1v) is 9.31. The number of hydrogen-bond acceptors (Lipinski definition) is 3. The summed E-state index contributed by atoms with van der Waals surface area (Å²) in [6, 6.07) is 7.04. The molecule has 0 bridgehead atoms. The molecule has 1 saturated heterocycles. The Balaban J connectivity index is 1.76. The molecule has 11 heteroatoms. The normalized spacial score (nSPS) is 16.9. The molecule has 1 fully saturated rings. The zero-order valence-electron chi connectivity index (χ0n) is 15.3. The standard InChI is InChI=1S/C19H14Cl2F3N3O3/c1-10-17(29)26(18(30)27(10)13-5-3-12(20)4-6-13)9-16(28)25-15-8-11(19(22,23)24)2-7-14(15)21/h2-8,10H,9H2,1H3,(H,25,28)/t10-/m1/s1. The zero-order chi connectivity index (χ0) is 22.2. The van der Waals surface area contributed by atoms with Crippen LogP contribution < -0.4 is 10.2 Å². The van der Waals surface area contributed by atoms with E-state index in [1.54, 1.807) is 24.3 Å². The van der Waals surface area contributed by atoms with Crippen LogP contribution >= 0.6 is 23.2 Å². The molecule has 1 heterocycles. The molecule has 0 aliphatic carbocycles. The maximum absolute atomic E-state index is 12.9. The number of hydrogen-bond donors (Lipinski definition) is 1. The SMILES string of the molecule is C[C@@H]1C(=O)N(CC(=O)Nc2cc(C(F)(F)F)ccc2Cl)C(=O)N1c1ccc(Cl)cc1. The smallest absolute Gasteiger partial charge is 0.323 e. The average molecular weight is 460 g/mol. The quantitative estimate of drug-likeness (QED) is 0.667. The lowest BCUT2D eigenvalue weighted by Crippen LogP contribution is -2.39. The van der Waals surface area contributed by atoms with Crippen molar-refractivity contribution < 1.29 is 27.6 Å². The number of nitrogens with one attached hydrogen (secondary N) is 1. The number of alkyl halides is 3. The summed E-state index contributed by atoms with van der Waals surface area (Å²) in [5.74, 6) is -1.50. The molecule has 1 N–H and O–H groups in total. The van der Waals surface area contributed by atoms with Gasteiger partial charge in [0.2, 0.25) is 5.91 Å². The summed E-state index contributed by atoms with van der Waals surface area (Å²) in [7, 11) is 0. The van der Waals surface area contributed by atoms with Crippen molar-refractivity contribution in [2.24, 2.45) is 0 Å². The molecule has 1 aliphatic rings. The fraction of sp³-hybridized carbons (Fsp3) is 0.211. The van der Waals surface area contributed by atoms with Gasteiger partial charge in [0.1, 0.15) is 12.6 Å². The molecule has 0 unspecified atom stereocenters. The van der Waals surface area contributed by atoms with Crippen LogP contribution in [0, 0.1) is 0 Å². The van der Waals surface area contributed by atoms with E-state index in [1.165, 1.54) is 11.8 Å². The van der Waals surface area contributed by atoms with Crippen molar-refractivity contribution in [3.05, 3.63) is 58.1 Å². The lowest BCUT2D eigenvalue weighted by atomic mass is 10.2. The van der Waals surface area contributed by atoms with E-state index in [2.05, 4.69) is 5.32 Å².